The van der Waals surface area contributed by atoms with Crippen molar-refractivity contribution < 1.29 is 4.42 Å². The topological polar surface area (TPSA) is 13.1 Å². The number of rotatable bonds is 2. The van der Waals surface area contributed by atoms with Crippen LogP contribution in [0.3, 0.4) is 0 Å². The molecule has 1 aromatic heterocycles. The predicted molar refractivity (Wildman–Crippen MR) is 208 cm³/mol. The summed E-state index contributed by atoms with van der Waals surface area (Å²) < 4.78 is 6.76. The fourth-order valence-corrected chi connectivity index (χ4v) is 9.69. The van der Waals surface area contributed by atoms with Gasteiger partial charge in [0, 0.05) is 16.5 Å². The molecule has 8 aromatic carbocycles. The van der Waals surface area contributed by atoms with E-state index in [4.69, 9.17) is 4.42 Å². The average molecular weight is 637 g/mol. The molecule has 0 amide bonds. The van der Waals surface area contributed by atoms with Crippen LogP contribution >= 0.6 is 0 Å². The Morgan fingerprint density at radius 1 is 0.400 bits per heavy atom. The summed E-state index contributed by atoms with van der Waals surface area (Å²) in [4.78, 5) is 0. The maximum absolute atomic E-state index is 6.76. The zero-order chi connectivity index (χ0) is 33.1. The normalized spacial score (nSPS) is 15.5. The quantitative estimate of drug-likeness (QED) is 0.172. The number of fused-ring (bicyclic) bond motifs is 14. The second kappa shape index (κ2) is 9.94. The lowest BCUT2D eigenvalue weighted by atomic mass is 9.70. The van der Waals surface area contributed by atoms with Crippen LogP contribution in [0.1, 0.15) is 33.4 Å². The highest BCUT2D eigenvalue weighted by Gasteiger charge is 2.54. The van der Waals surface area contributed by atoms with E-state index in [9.17, 15) is 0 Å². The molecule has 9 aromatic rings. The zero-order valence-electron chi connectivity index (χ0n) is 27.9. The van der Waals surface area contributed by atoms with Gasteiger partial charge in [-0.1, -0.05) is 163 Å². The van der Waals surface area contributed by atoms with Gasteiger partial charge in [-0.2, -0.15) is 0 Å². The smallest absolute Gasteiger partial charge is 0.140 e. The summed E-state index contributed by atoms with van der Waals surface area (Å²) in [5, 5.41) is 6.28. The minimum Gasteiger partial charge on any atom is -0.456 e. The lowest BCUT2D eigenvalue weighted by Crippen LogP contribution is -2.25. The number of furan rings is 1. The van der Waals surface area contributed by atoms with Gasteiger partial charge in [0.2, 0.25) is 0 Å². The molecule has 50 heavy (non-hydrogen) atoms. The number of benzene rings is 8. The fourth-order valence-electron chi connectivity index (χ4n) is 9.69. The predicted octanol–water partition coefficient (Wildman–Crippen LogP) is 13.0. The summed E-state index contributed by atoms with van der Waals surface area (Å²) in [6.45, 7) is 4.40. The third-order valence-electron chi connectivity index (χ3n) is 11.3. The minimum atomic E-state index is -0.495. The summed E-state index contributed by atoms with van der Waals surface area (Å²) in [5.41, 5.74) is 17.1. The Labute approximate surface area is 291 Å². The molecule has 0 N–H and O–H groups in total. The molecule has 0 saturated heterocycles. The maximum Gasteiger partial charge on any atom is 0.140 e. The van der Waals surface area contributed by atoms with Crippen molar-refractivity contribution in [2.24, 2.45) is 0 Å². The molecule has 0 fully saturated rings. The van der Waals surface area contributed by atoms with E-state index in [1.165, 1.54) is 99.3 Å². The lowest BCUT2D eigenvalue weighted by Gasteiger charge is -2.30. The van der Waals surface area contributed by atoms with E-state index in [-0.39, 0.29) is 0 Å². The molecule has 1 heterocycles. The number of para-hydroxylation sites is 1. The molecule has 234 valence electrons. The van der Waals surface area contributed by atoms with Crippen LogP contribution in [-0.2, 0) is 5.41 Å². The Bertz CT molecular complexity index is 2820. The first-order valence-corrected chi connectivity index (χ1v) is 17.5. The standard InChI is InChI=1S/C49H32O/c1-29-26-30(2)28-31(27-29)44-32-14-3-5-16-34(32)45(35-17-6-4-15-33(35)44)39-21-13-24-42-46(39)36-18-7-10-22-40(36)49(42)41-23-11-8-19-37(41)48-47(49)38-20-9-12-25-43(38)50-48/h3-28H,1-2H3. The van der Waals surface area contributed by atoms with Crippen molar-refractivity contribution in [2.75, 3.05) is 0 Å². The Hall–Kier alpha value is -6.18. The maximum atomic E-state index is 6.76. The number of hydrogen-bond donors (Lipinski definition) is 0. The average Bonchev–Trinajstić information content (AvgIpc) is 3.77. The molecule has 1 heteroatoms. The molecule has 11 rings (SSSR count). The summed E-state index contributed by atoms with van der Waals surface area (Å²) in [7, 11) is 0. The van der Waals surface area contributed by atoms with Crippen LogP contribution in [-0.4, -0.2) is 0 Å². The highest BCUT2D eigenvalue weighted by molar-refractivity contribution is 6.23. The van der Waals surface area contributed by atoms with E-state index < -0.39 is 5.41 Å². The molecule has 2 aliphatic rings. The Morgan fingerprint density at radius 3 is 1.58 bits per heavy atom. The van der Waals surface area contributed by atoms with Gasteiger partial charge in [-0.25, -0.2) is 0 Å². The SMILES string of the molecule is Cc1cc(C)cc(-c2c3ccccc3c(-c3cccc4c3-c3ccccc3C43c4ccccc4-c4oc5ccccc5c43)c3ccccc23)c1. The molecular weight excluding hydrogens is 605 g/mol. The highest BCUT2D eigenvalue weighted by Crippen LogP contribution is 2.66. The van der Waals surface area contributed by atoms with Gasteiger partial charge >= 0.3 is 0 Å². The molecule has 1 unspecified atom stereocenters. The lowest BCUT2D eigenvalue weighted by molar-refractivity contribution is 0.628. The first-order valence-electron chi connectivity index (χ1n) is 17.5. The first-order chi connectivity index (χ1) is 24.6. The third kappa shape index (κ3) is 3.42. The van der Waals surface area contributed by atoms with E-state index in [0.29, 0.717) is 0 Å². The Balaban J connectivity index is 1.30. The molecule has 1 atom stereocenters. The Kier molecular flexibility index (Phi) is 5.51. The largest absolute Gasteiger partial charge is 0.456 e. The van der Waals surface area contributed by atoms with E-state index in [2.05, 4.69) is 172 Å². The van der Waals surface area contributed by atoms with Crippen molar-refractivity contribution in [1.29, 1.82) is 0 Å². The first kappa shape index (κ1) is 27.7. The van der Waals surface area contributed by atoms with Gasteiger partial charge in [-0.3, -0.25) is 0 Å². The van der Waals surface area contributed by atoms with Gasteiger partial charge in [-0.05, 0) is 91.5 Å². The molecule has 0 bridgehead atoms. The molecule has 0 aliphatic heterocycles. The Morgan fingerprint density at radius 2 is 0.900 bits per heavy atom. The van der Waals surface area contributed by atoms with Crippen molar-refractivity contribution >= 4 is 32.5 Å². The van der Waals surface area contributed by atoms with Gasteiger partial charge in [0.15, 0.2) is 0 Å². The summed E-state index contributed by atoms with van der Waals surface area (Å²) >= 11 is 0. The fraction of sp³-hybridized carbons (Fsp3) is 0.0612. The van der Waals surface area contributed by atoms with E-state index in [0.717, 1.165) is 11.3 Å². The van der Waals surface area contributed by atoms with E-state index in [1.807, 2.05) is 0 Å². The van der Waals surface area contributed by atoms with Crippen molar-refractivity contribution in [3.05, 3.63) is 191 Å². The van der Waals surface area contributed by atoms with Gasteiger partial charge in [0.25, 0.3) is 0 Å². The second-order valence-electron chi connectivity index (χ2n) is 14.1. The number of aryl methyl sites for hydroxylation is 2. The van der Waals surface area contributed by atoms with E-state index >= 15 is 0 Å². The van der Waals surface area contributed by atoms with Gasteiger partial charge in [0.1, 0.15) is 11.3 Å². The van der Waals surface area contributed by atoms with Crippen LogP contribution in [0.25, 0.3) is 77.2 Å². The van der Waals surface area contributed by atoms with Crippen molar-refractivity contribution in [2.45, 2.75) is 19.3 Å². The van der Waals surface area contributed by atoms with Crippen LogP contribution in [0.4, 0.5) is 0 Å². The molecule has 0 radical (unpaired) electrons. The van der Waals surface area contributed by atoms with Gasteiger partial charge in [-0.15, -0.1) is 0 Å². The molecule has 2 aliphatic carbocycles. The second-order valence-corrected chi connectivity index (χ2v) is 14.1. The third-order valence-corrected chi connectivity index (χ3v) is 11.3. The van der Waals surface area contributed by atoms with Crippen LogP contribution in [0.2, 0.25) is 0 Å². The van der Waals surface area contributed by atoms with Gasteiger partial charge in [0.05, 0.1) is 5.41 Å². The zero-order valence-corrected chi connectivity index (χ0v) is 27.9. The molecular formula is C49H32O. The van der Waals surface area contributed by atoms with Crippen LogP contribution in [0.5, 0.6) is 0 Å². The van der Waals surface area contributed by atoms with Crippen LogP contribution < -0.4 is 0 Å². The summed E-state index contributed by atoms with van der Waals surface area (Å²) in [6.07, 6.45) is 0. The molecule has 0 saturated carbocycles. The number of hydrogen-bond acceptors (Lipinski definition) is 1. The highest BCUT2D eigenvalue weighted by atomic mass is 16.3. The minimum absolute atomic E-state index is 0.495. The summed E-state index contributed by atoms with van der Waals surface area (Å²) in [6, 6.07) is 58.6. The van der Waals surface area contributed by atoms with Gasteiger partial charge < -0.3 is 4.42 Å². The van der Waals surface area contributed by atoms with Crippen LogP contribution in [0.15, 0.2) is 162 Å². The van der Waals surface area contributed by atoms with Crippen molar-refractivity contribution in [3.63, 3.8) is 0 Å². The monoisotopic (exact) mass is 636 g/mol. The van der Waals surface area contributed by atoms with Crippen molar-refractivity contribution in [3.8, 4) is 44.7 Å². The summed E-state index contributed by atoms with van der Waals surface area (Å²) in [5.74, 6) is 0.989. The van der Waals surface area contributed by atoms with E-state index in [1.54, 1.807) is 0 Å². The molecule has 1 spiro atoms. The molecule has 1 nitrogen and oxygen atoms in total. The van der Waals surface area contributed by atoms with Crippen molar-refractivity contribution in [1.82, 2.24) is 0 Å². The van der Waals surface area contributed by atoms with Crippen LogP contribution in [0, 0.1) is 13.8 Å².